The lowest BCUT2D eigenvalue weighted by atomic mass is 10.2. The number of hydrogen-bond acceptors (Lipinski definition) is 6. The molecule has 1 amide bonds. The van der Waals surface area contributed by atoms with Gasteiger partial charge in [-0.05, 0) is 42.3 Å². The fourth-order valence-corrected chi connectivity index (χ4v) is 2.47. The van der Waals surface area contributed by atoms with Crippen molar-refractivity contribution in [1.29, 1.82) is 0 Å². The molecule has 0 spiro atoms. The van der Waals surface area contributed by atoms with E-state index in [9.17, 15) is 14.7 Å². The Kier molecular flexibility index (Phi) is 4.44. The van der Waals surface area contributed by atoms with Crippen molar-refractivity contribution >= 4 is 17.0 Å². The molecule has 0 radical (unpaired) electrons. The van der Waals surface area contributed by atoms with E-state index in [2.05, 4.69) is 0 Å². The number of ether oxygens (including phenoxy) is 1. The van der Waals surface area contributed by atoms with Crippen molar-refractivity contribution in [2.24, 2.45) is 5.84 Å². The van der Waals surface area contributed by atoms with E-state index in [-0.39, 0.29) is 24.7 Å². The number of rotatable bonds is 5. The summed E-state index contributed by atoms with van der Waals surface area (Å²) in [6.45, 7) is 1.84. The highest BCUT2D eigenvalue weighted by atomic mass is 16.5. The van der Waals surface area contributed by atoms with E-state index in [0.29, 0.717) is 16.7 Å². The van der Waals surface area contributed by atoms with Crippen molar-refractivity contribution in [3.05, 3.63) is 58.1 Å². The highest BCUT2D eigenvalue weighted by Crippen LogP contribution is 2.27. The van der Waals surface area contributed by atoms with Gasteiger partial charge in [0.15, 0.2) is 23.7 Å². The van der Waals surface area contributed by atoms with E-state index < -0.39 is 11.7 Å². The largest absolute Gasteiger partial charge is 0.504 e. The lowest BCUT2D eigenvalue weighted by Gasteiger charge is -2.09. The van der Waals surface area contributed by atoms with Crippen molar-refractivity contribution in [2.75, 3.05) is 6.61 Å². The number of hydrogen-bond donors (Lipinski definition) is 3. The number of benzene rings is 2. The predicted molar refractivity (Wildman–Crippen MR) is 90.2 cm³/mol. The van der Waals surface area contributed by atoms with Gasteiger partial charge in [0, 0.05) is 0 Å². The Morgan fingerprint density at radius 1 is 1.32 bits per heavy atom. The van der Waals surface area contributed by atoms with Crippen molar-refractivity contribution in [3.63, 3.8) is 0 Å². The van der Waals surface area contributed by atoms with Gasteiger partial charge in [-0.2, -0.15) is 0 Å². The molecule has 4 N–H and O–H groups in total. The van der Waals surface area contributed by atoms with E-state index in [4.69, 9.17) is 15.0 Å². The molecule has 0 aliphatic carbocycles. The molecule has 25 heavy (non-hydrogen) atoms. The third-order valence-electron chi connectivity index (χ3n) is 3.71. The standard InChI is InChI=1S/C17H17N3O5/c1-10-2-4-14-12(6-10)20(17(23)25-14)8-11-3-5-15(13(21)7-11)24-9-16(22)19-18/h2-7,21H,8-9,18H2,1H3,(H,19,22). The average Bonchev–Trinajstić information content (AvgIpc) is 2.89. The van der Waals surface area contributed by atoms with Crippen LogP contribution in [0.4, 0.5) is 0 Å². The Morgan fingerprint density at radius 2 is 2.12 bits per heavy atom. The van der Waals surface area contributed by atoms with E-state index >= 15 is 0 Å². The average molecular weight is 343 g/mol. The molecule has 3 aromatic rings. The van der Waals surface area contributed by atoms with Gasteiger partial charge in [0.25, 0.3) is 5.91 Å². The van der Waals surface area contributed by atoms with Gasteiger partial charge in [0.1, 0.15) is 0 Å². The molecule has 8 nitrogen and oxygen atoms in total. The molecule has 8 heteroatoms. The SMILES string of the molecule is Cc1ccc2oc(=O)n(Cc3ccc(OCC(=O)NN)c(O)c3)c2c1. The van der Waals surface area contributed by atoms with Crippen LogP contribution in [0.25, 0.3) is 11.1 Å². The maximum atomic E-state index is 12.1. The molecule has 2 aromatic carbocycles. The van der Waals surface area contributed by atoms with Crippen LogP contribution in [0.2, 0.25) is 0 Å². The molecule has 0 fully saturated rings. The highest BCUT2D eigenvalue weighted by Gasteiger charge is 2.12. The Balaban J connectivity index is 1.85. The second kappa shape index (κ2) is 6.70. The summed E-state index contributed by atoms with van der Waals surface area (Å²) in [5.41, 5.74) is 4.81. The molecule has 0 bridgehead atoms. The predicted octanol–water partition coefficient (Wildman–Crippen LogP) is 1.03. The Bertz CT molecular complexity index is 990. The summed E-state index contributed by atoms with van der Waals surface area (Å²) in [6, 6.07) is 10.2. The van der Waals surface area contributed by atoms with Gasteiger partial charge in [-0.25, -0.2) is 10.6 Å². The van der Waals surface area contributed by atoms with E-state index in [1.807, 2.05) is 24.5 Å². The first-order valence-electron chi connectivity index (χ1n) is 7.52. The number of nitrogens with one attached hydrogen (secondary N) is 1. The van der Waals surface area contributed by atoms with Gasteiger partial charge >= 0.3 is 5.76 Å². The third kappa shape index (κ3) is 3.48. The first-order valence-corrected chi connectivity index (χ1v) is 7.52. The van der Waals surface area contributed by atoms with Gasteiger partial charge in [-0.1, -0.05) is 12.1 Å². The van der Waals surface area contributed by atoms with Crippen molar-refractivity contribution < 1.29 is 19.1 Å². The van der Waals surface area contributed by atoms with Crippen molar-refractivity contribution in [1.82, 2.24) is 9.99 Å². The van der Waals surface area contributed by atoms with Crippen LogP contribution in [0.5, 0.6) is 11.5 Å². The number of aryl methyl sites for hydroxylation is 1. The van der Waals surface area contributed by atoms with E-state index in [1.54, 1.807) is 12.1 Å². The second-order valence-corrected chi connectivity index (χ2v) is 5.58. The molecule has 0 unspecified atom stereocenters. The van der Waals surface area contributed by atoms with Crippen LogP contribution in [-0.4, -0.2) is 22.2 Å². The lowest BCUT2D eigenvalue weighted by Crippen LogP contribution is -2.34. The molecule has 0 atom stereocenters. The fraction of sp³-hybridized carbons (Fsp3) is 0.176. The number of carbonyl (C=O) groups excluding carboxylic acids is 1. The topological polar surface area (TPSA) is 120 Å². The number of carbonyl (C=O) groups is 1. The Hall–Kier alpha value is -3.26. The van der Waals surface area contributed by atoms with Crippen LogP contribution >= 0.6 is 0 Å². The Morgan fingerprint density at radius 3 is 2.84 bits per heavy atom. The molecule has 0 aliphatic heterocycles. The maximum Gasteiger partial charge on any atom is 0.420 e. The highest BCUT2D eigenvalue weighted by molar-refractivity contribution is 5.77. The summed E-state index contributed by atoms with van der Waals surface area (Å²) in [5.74, 6) is 3.98. The third-order valence-corrected chi connectivity index (χ3v) is 3.71. The van der Waals surface area contributed by atoms with E-state index in [0.717, 1.165) is 5.56 Å². The molecule has 0 saturated carbocycles. The number of aromatic hydroxyl groups is 1. The monoisotopic (exact) mass is 343 g/mol. The summed E-state index contributed by atoms with van der Waals surface area (Å²) in [5, 5.41) is 10.0. The number of phenolic OH excluding ortho intramolecular Hbond substituents is 1. The molecular formula is C17H17N3O5. The van der Waals surface area contributed by atoms with Gasteiger partial charge < -0.3 is 14.3 Å². The maximum absolute atomic E-state index is 12.1. The van der Waals surface area contributed by atoms with Crippen LogP contribution in [0.1, 0.15) is 11.1 Å². The summed E-state index contributed by atoms with van der Waals surface area (Å²) in [7, 11) is 0. The molecule has 0 saturated heterocycles. The number of aromatic nitrogens is 1. The summed E-state index contributed by atoms with van der Waals surface area (Å²) < 4.78 is 11.9. The second-order valence-electron chi connectivity index (χ2n) is 5.58. The van der Waals surface area contributed by atoms with Crippen molar-refractivity contribution in [2.45, 2.75) is 13.5 Å². The number of nitrogens with zero attached hydrogens (tertiary/aromatic N) is 1. The molecule has 130 valence electrons. The fourth-order valence-electron chi connectivity index (χ4n) is 2.47. The molecule has 1 heterocycles. The van der Waals surface area contributed by atoms with Crippen LogP contribution in [0.3, 0.4) is 0 Å². The number of fused-ring (bicyclic) bond motifs is 1. The molecule has 0 aliphatic rings. The molecule has 3 rings (SSSR count). The number of amides is 1. The zero-order chi connectivity index (χ0) is 18.0. The van der Waals surface area contributed by atoms with Crippen LogP contribution in [0.15, 0.2) is 45.6 Å². The zero-order valence-electron chi connectivity index (χ0n) is 13.5. The van der Waals surface area contributed by atoms with E-state index in [1.165, 1.54) is 16.7 Å². The first kappa shape index (κ1) is 16.6. The smallest absolute Gasteiger partial charge is 0.420 e. The van der Waals surface area contributed by atoms with Gasteiger partial charge in [-0.15, -0.1) is 0 Å². The van der Waals surface area contributed by atoms with Crippen LogP contribution < -0.4 is 21.8 Å². The minimum atomic E-state index is -0.518. The zero-order valence-corrected chi connectivity index (χ0v) is 13.5. The number of phenols is 1. The van der Waals surface area contributed by atoms with Crippen LogP contribution in [-0.2, 0) is 11.3 Å². The summed E-state index contributed by atoms with van der Waals surface area (Å²) in [4.78, 5) is 23.1. The van der Waals surface area contributed by atoms with Crippen LogP contribution in [0, 0.1) is 6.92 Å². The van der Waals surface area contributed by atoms with Gasteiger partial charge in [-0.3, -0.25) is 14.8 Å². The molecular weight excluding hydrogens is 326 g/mol. The normalized spacial score (nSPS) is 10.8. The quantitative estimate of drug-likeness (QED) is 0.361. The number of oxazole rings is 1. The summed E-state index contributed by atoms with van der Waals surface area (Å²) >= 11 is 0. The first-order chi connectivity index (χ1) is 12.0. The summed E-state index contributed by atoms with van der Waals surface area (Å²) in [6.07, 6.45) is 0. The minimum absolute atomic E-state index is 0.139. The van der Waals surface area contributed by atoms with Gasteiger partial charge in [0.2, 0.25) is 0 Å². The minimum Gasteiger partial charge on any atom is -0.504 e. The van der Waals surface area contributed by atoms with Crippen molar-refractivity contribution in [3.8, 4) is 11.5 Å². The number of nitrogens with two attached hydrogens (primary N) is 1. The number of hydrazine groups is 1. The molecule has 1 aromatic heterocycles. The lowest BCUT2D eigenvalue weighted by molar-refractivity contribution is -0.123. The van der Waals surface area contributed by atoms with Gasteiger partial charge in [0.05, 0.1) is 12.1 Å². The Labute approximate surface area is 142 Å².